The number of aryl methyl sites for hydroxylation is 3. The van der Waals surface area contributed by atoms with Crippen molar-refractivity contribution in [3.63, 3.8) is 0 Å². The Morgan fingerprint density at radius 3 is 1.49 bits per heavy atom. The Bertz CT molecular complexity index is 2570. The minimum Gasteiger partial charge on any atom is -0.387 e. The lowest BCUT2D eigenvalue weighted by molar-refractivity contribution is 0.898. The monoisotopic (exact) mass is 658 g/mol. The number of aromatic nitrogens is 6. The highest BCUT2D eigenvalue weighted by Crippen LogP contribution is 2.35. The molecule has 10 nitrogen and oxygen atoms in total. The third kappa shape index (κ3) is 5.11. The first-order chi connectivity index (χ1) is 22.8. The summed E-state index contributed by atoms with van der Waals surface area (Å²) in [6, 6.07) is 21.3. The summed E-state index contributed by atoms with van der Waals surface area (Å²) in [5.41, 5.74) is 6.02. The summed E-state index contributed by atoms with van der Waals surface area (Å²) in [6.45, 7) is 5.74. The van der Waals surface area contributed by atoms with Gasteiger partial charge in [-0.15, -0.1) is 22.7 Å². The minimum absolute atomic E-state index is 0.0496. The van der Waals surface area contributed by atoms with E-state index in [1.54, 1.807) is 21.5 Å². The van der Waals surface area contributed by atoms with E-state index in [0.29, 0.717) is 21.0 Å². The second-order valence-corrected chi connectivity index (χ2v) is 12.9. The molecule has 6 heterocycles. The van der Waals surface area contributed by atoms with Crippen LogP contribution < -0.4 is 21.8 Å². The van der Waals surface area contributed by atoms with E-state index in [1.165, 1.54) is 22.7 Å². The van der Waals surface area contributed by atoms with E-state index in [4.69, 9.17) is 9.97 Å². The van der Waals surface area contributed by atoms with Gasteiger partial charge in [0.1, 0.15) is 41.7 Å². The Morgan fingerprint density at radius 2 is 1.04 bits per heavy atom. The number of nitrogens with one attached hydrogen (secondary N) is 2. The largest absolute Gasteiger partial charge is 0.387 e. The Morgan fingerprint density at radius 1 is 0.596 bits per heavy atom. The predicted molar refractivity (Wildman–Crippen MR) is 194 cm³/mol. The van der Waals surface area contributed by atoms with Crippen molar-refractivity contribution >= 4 is 74.9 Å². The molecular formula is C35H30N8O2S2. The number of rotatable bonds is 4. The van der Waals surface area contributed by atoms with Crippen LogP contribution in [0.4, 0.5) is 11.4 Å². The van der Waals surface area contributed by atoms with E-state index in [-0.39, 0.29) is 11.1 Å². The van der Waals surface area contributed by atoms with Crippen molar-refractivity contribution in [1.29, 1.82) is 0 Å². The lowest BCUT2D eigenvalue weighted by atomic mass is 10.2. The normalized spacial score (nSPS) is 11.3. The molecule has 0 saturated carbocycles. The molecule has 8 aromatic rings. The molecule has 0 unspecified atom stereocenters. The summed E-state index contributed by atoms with van der Waals surface area (Å²) in [6.07, 6.45) is 3.49. The molecule has 6 aromatic heterocycles. The molecule has 0 atom stereocenters. The summed E-state index contributed by atoms with van der Waals surface area (Å²) in [4.78, 5) is 46.0. The zero-order valence-corrected chi connectivity index (χ0v) is 28.0. The summed E-state index contributed by atoms with van der Waals surface area (Å²) >= 11 is 2.78. The Labute approximate surface area is 277 Å². The van der Waals surface area contributed by atoms with Gasteiger partial charge in [-0.1, -0.05) is 35.9 Å². The van der Waals surface area contributed by atoms with Crippen molar-refractivity contribution in [3.05, 3.63) is 117 Å². The second-order valence-electron chi connectivity index (χ2n) is 10.9. The van der Waals surface area contributed by atoms with E-state index in [0.717, 1.165) is 59.8 Å². The average Bonchev–Trinajstić information content (AvgIpc) is 3.65. The molecule has 12 heteroatoms. The van der Waals surface area contributed by atoms with Crippen LogP contribution in [0.3, 0.4) is 0 Å². The van der Waals surface area contributed by atoms with Crippen molar-refractivity contribution in [3.8, 4) is 11.4 Å². The smallest absolute Gasteiger partial charge is 0.276 e. The first-order valence-corrected chi connectivity index (χ1v) is 16.5. The van der Waals surface area contributed by atoms with Crippen LogP contribution in [0.5, 0.6) is 0 Å². The van der Waals surface area contributed by atoms with Gasteiger partial charge in [-0.3, -0.25) is 18.7 Å². The maximum Gasteiger partial charge on any atom is 0.276 e. The van der Waals surface area contributed by atoms with Gasteiger partial charge in [-0.05, 0) is 57.2 Å². The molecule has 0 aliphatic carbocycles. The summed E-state index contributed by atoms with van der Waals surface area (Å²) in [5.74, 6) is 1.33. The summed E-state index contributed by atoms with van der Waals surface area (Å²) in [7, 11) is 3.72. The highest BCUT2D eigenvalue weighted by molar-refractivity contribution is 7.25. The molecule has 0 aliphatic heterocycles. The molecule has 8 rings (SSSR count). The fraction of sp³-hybridized carbons (Fsp3) is 0.143. The van der Waals surface area contributed by atoms with Crippen LogP contribution in [0.2, 0.25) is 0 Å². The van der Waals surface area contributed by atoms with Crippen LogP contribution in [0.15, 0.2) is 88.7 Å². The van der Waals surface area contributed by atoms with E-state index in [2.05, 4.69) is 20.6 Å². The van der Waals surface area contributed by atoms with Gasteiger partial charge in [-0.2, -0.15) is 0 Å². The van der Waals surface area contributed by atoms with Gasteiger partial charge in [0, 0.05) is 37.9 Å². The van der Waals surface area contributed by atoms with Crippen LogP contribution in [-0.4, -0.2) is 43.2 Å². The van der Waals surface area contributed by atoms with Gasteiger partial charge in [0.15, 0.2) is 0 Å². The number of hydrogen-bond acceptors (Lipinski definition) is 10. The Hall–Kier alpha value is -5.46. The standard InChI is InChI=1S/C18H16N4OS.C17H14N4OS/c1-10-4-6-12(7-5-10)22-11(2)21-15-14-13(19-3)8-9-20-17(14)24-16(15)18(22)23;1-10-20-14-13-12(18-2)8-9-19-16(13)23-15(14)17(22)21(10)11-6-4-3-5-7-11/h4-9H,1-3H3,(H,19,20);3-9H,1-2H3,(H,18,19). The average molecular weight is 659 g/mol. The lowest BCUT2D eigenvalue weighted by Crippen LogP contribution is -2.21. The summed E-state index contributed by atoms with van der Waals surface area (Å²) in [5, 5.41) is 8.13. The lowest BCUT2D eigenvalue weighted by Gasteiger charge is -2.10. The highest BCUT2D eigenvalue weighted by atomic mass is 32.1. The molecule has 47 heavy (non-hydrogen) atoms. The quantitative estimate of drug-likeness (QED) is 0.208. The predicted octanol–water partition coefficient (Wildman–Crippen LogP) is 7.00. The molecule has 0 bridgehead atoms. The van der Waals surface area contributed by atoms with Gasteiger partial charge in [0.25, 0.3) is 11.1 Å². The van der Waals surface area contributed by atoms with Crippen LogP contribution in [0, 0.1) is 20.8 Å². The first-order valence-electron chi connectivity index (χ1n) is 14.9. The van der Waals surface area contributed by atoms with Crippen molar-refractivity contribution in [2.45, 2.75) is 20.8 Å². The topological polar surface area (TPSA) is 120 Å². The van der Waals surface area contributed by atoms with Gasteiger partial charge in [0.05, 0.1) is 22.1 Å². The Balaban J connectivity index is 0.000000150. The van der Waals surface area contributed by atoms with Gasteiger partial charge in [-0.25, -0.2) is 19.9 Å². The number of benzene rings is 2. The molecule has 2 aromatic carbocycles. The molecule has 0 radical (unpaired) electrons. The fourth-order valence-corrected chi connectivity index (χ4v) is 7.81. The molecule has 2 N–H and O–H groups in total. The van der Waals surface area contributed by atoms with E-state index >= 15 is 0 Å². The van der Waals surface area contributed by atoms with Crippen LogP contribution >= 0.6 is 22.7 Å². The zero-order valence-electron chi connectivity index (χ0n) is 26.3. The number of anilines is 2. The third-order valence-corrected chi connectivity index (χ3v) is 10.1. The van der Waals surface area contributed by atoms with Crippen LogP contribution in [-0.2, 0) is 0 Å². The molecule has 234 valence electrons. The SMILES string of the molecule is CNc1ccnc2sc3c(=O)n(-c4ccc(C)cc4)c(C)nc3c12.CNc1ccnc2sc3c(=O)n(-c4ccccc4)c(C)nc3c12. The molecule has 0 fully saturated rings. The number of pyridine rings is 2. The van der Waals surface area contributed by atoms with E-state index in [9.17, 15) is 9.59 Å². The molecule has 0 spiro atoms. The Kier molecular flexibility index (Phi) is 7.74. The number of fused-ring (bicyclic) bond motifs is 6. The van der Waals surface area contributed by atoms with E-state index in [1.807, 2.05) is 102 Å². The molecule has 0 saturated heterocycles. The first kappa shape index (κ1) is 30.2. The number of nitrogens with zero attached hydrogens (tertiary/aromatic N) is 6. The molecule has 0 aliphatic rings. The number of thiophene rings is 2. The maximum absolute atomic E-state index is 13.1. The van der Waals surface area contributed by atoms with Crippen molar-refractivity contribution < 1.29 is 0 Å². The summed E-state index contributed by atoms with van der Waals surface area (Å²) < 4.78 is 4.57. The van der Waals surface area contributed by atoms with Gasteiger partial charge in [0.2, 0.25) is 0 Å². The molecular weight excluding hydrogens is 629 g/mol. The molecule has 0 amide bonds. The minimum atomic E-state index is -0.0521. The maximum atomic E-state index is 13.1. The van der Waals surface area contributed by atoms with E-state index < -0.39 is 0 Å². The zero-order chi connectivity index (χ0) is 32.8. The van der Waals surface area contributed by atoms with Crippen molar-refractivity contribution in [2.24, 2.45) is 0 Å². The van der Waals surface area contributed by atoms with Crippen molar-refractivity contribution in [2.75, 3.05) is 24.7 Å². The number of para-hydroxylation sites is 1. The van der Waals surface area contributed by atoms with Gasteiger partial charge < -0.3 is 10.6 Å². The van der Waals surface area contributed by atoms with Crippen molar-refractivity contribution in [1.82, 2.24) is 29.1 Å². The van der Waals surface area contributed by atoms with Crippen LogP contribution in [0.25, 0.3) is 52.2 Å². The van der Waals surface area contributed by atoms with Gasteiger partial charge >= 0.3 is 0 Å². The third-order valence-electron chi connectivity index (χ3n) is 7.97. The highest BCUT2D eigenvalue weighted by Gasteiger charge is 2.19. The second kappa shape index (κ2) is 12.0. The number of hydrogen-bond donors (Lipinski definition) is 2. The fourth-order valence-electron chi connectivity index (χ4n) is 5.73. The van der Waals surface area contributed by atoms with Crippen LogP contribution in [0.1, 0.15) is 17.2 Å².